The molecule has 0 aromatic heterocycles. The molecule has 0 radical (unpaired) electrons. The normalized spacial score (nSPS) is 14.2. The fraction of sp³-hybridized carbons (Fsp3) is 0.138. The van der Waals surface area contributed by atoms with E-state index in [0.29, 0.717) is 44.5 Å². The molecule has 0 bridgehead atoms. The van der Waals surface area contributed by atoms with Crippen LogP contribution < -0.4 is 14.4 Å². The number of carboxylic acid groups (broad SMARTS) is 1. The highest BCUT2D eigenvalue weighted by Crippen LogP contribution is 2.39. The molecule has 1 amide bonds. The van der Waals surface area contributed by atoms with Crippen LogP contribution in [0.5, 0.6) is 11.5 Å². The van der Waals surface area contributed by atoms with E-state index in [1.54, 1.807) is 24.3 Å². The van der Waals surface area contributed by atoms with Crippen LogP contribution in [-0.2, 0) is 17.8 Å². The second-order valence-corrected chi connectivity index (χ2v) is 10.3. The van der Waals surface area contributed by atoms with Crippen LogP contribution in [0.1, 0.15) is 34.0 Å². The second-order valence-electron chi connectivity index (χ2n) is 8.19. The zero-order valence-corrected chi connectivity index (χ0v) is 22.9. The smallest absolute Gasteiger partial charge is 0.335 e. The molecule has 194 valence electrons. The van der Waals surface area contributed by atoms with Gasteiger partial charge >= 0.3 is 5.97 Å². The van der Waals surface area contributed by atoms with Gasteiger partial charge in [-0.15, -0.1) is 6.58 Å². The van der Waals surface area contributed by atoms with Crippen molar-refractivity contribution >= 4 is 63.5 Å². The Hall–Kier alpha value is -3.59. The van der Waals surface area contributed by atoms with Gasteiger partial charge < -0.3 is 14.6 Å². The van der Waals surface area contributed by atoms with E-state index in [-0.39, 0.29) is 18.1 Å². The summed E-state index contributed by atoms with van der Waals surface area (Å²) < 4.78 is 12.4. The number of halogens is 1. The molecule has 6 nitrogen and oxygen atoms in total. The lowest BCUT2D eigenvalue weighted by atomic mass is 10.0. The van der Waals surface area contributed by atoms with Gasteiger partial charge in [0.2, 0.25) is 0 Å². The monoisotopic (exact) mass is 565 g/mol. The number of aromatic carboxylic acids is 1. The third-order valence-electron chi connectivity index (χ3n) is 5.59. The van der Waals surface area contributed by atoms with E-state index < -0.39 is 5.97 Å². The predicted octanol–water partition coefficient (Wildman–Crippen LogP) is 7.15. The number of nitrogens with zero attached hydrogens (tertiary/aromatic N) is 1. The summed E-state index contributed by atoms with van der Waals surface area (Å²) in [5, 5.41) is 9.93. The van der Waals surface area contributed by atoms with E-state index in [0.717, 1.165) is 28.5 Å². The highest BCUT2D eigenvalue weighted by atomic mass is 35.5. The van der Waals surface area contributed by atoms with E-state index >= 15 is 0 Å². The van der Waals surface area contributed by atoms with Crippen LogP contribution in [0.2, 0.25) is 5.02 Å². The Kier molecular flexibility index (Phi) is 8.89. The molecule has 0 saturated carbocycles. The first-order chi connectivity index (χ1) is 18.3. The summed E-state index contributed by atoms with van der Waals surface area (Å²) in [6.45, 7) is 6.43. The number of ether oxygens (including phenoxy) is 2. The van der Waals surface area contributed by atoms with E-state index in [2.05, 4.69) is 6.58 Å². The number of hydrogen-bond acceptors (Lipinski definition) is 6. The van der Waals surface area contributed by atoms with Crippen molar-refractivity contribution in [1.82, 2.24) is 0 Å². The Morgan fingerprint density at radius 3 is 2.63 bits per heavy atom. The molecule has 1 N–H and O–H groups in total. The lowest BCUT2D eigenvalue weighted by Crippen LogP contribution is -2.27. The van der Waals surface area contributed by atoms with Gasteiger partial charge in [0.25, 0.3) is 5.91 Å². The van der Waals surface area contributed by atoms with Gasteiger partial charge in [0.05, 0.1) is 22.8 Å². The van der Waals surface area contributed by atoms with Crippen LogP contribution in [0.25, 0.3) is 6.08 Å². The molecule has 1 aliphatic rings. The van der Waals surface area contributed by atoms with Gasteiger partial charge in [-0.05, 0) is 61.4 Å². The maximum Gasteiger partial charge on any atom is 0.335 e. The van der Waals surface area contributed by atoms with Gasteiger partial charge in [-0.25, -0.2) is 4.79 Å². The number of carbonyl (C=O) groups is 2. The largest absolute Gasteiger partial charge is 0.490 e. The van der Waals surface area contributed by atoms with Gasteiger partial charge in [0, 0.05) is 16.1 Å². The van der Waals surface area contributed by atoms with Crippen molar-refractivity contribution in [3.8, 4) is 11.5 Å². The van der Waals surface area contributed by atoms with Gasteiger partial charge in [-0.1, -0.05) is 65.9 Å². The molecule has 1 saturated heterocycles. The molecule has 4 rings (SSSR count). The fourth-order valence-electron chi connectivity index (χ4n) is 3.89. The topological polar surface area (TPSA) is 76.1 Å². The number of carbonyl (C=O) groups excluding carboxylic acids is 1. The van der Waals surface area contributed by atoms with Crippen LogP contribution >= 0.6 is 35.6 Å². The third-order valence-corrected chi connectivity index (χ3v) is 7.26. The molecule has 3 aromatic rings. The number of anilines is 1. The highest BCUT2D eigenvalue weighted by Gasteiger charge is 2.33. The molecule has 9 heteroatoms. The predicted molar refractivity (Wildman–Crippen MR) is 156 cm³/mol. The standard InChI is InChI=1S/C29H24ClNO5S2/c1-3-8-19-13-18(14-24(35-4-2)26(19)36-17-21-9-5-6-12-23(21)30)15-25-27(32)31(29(37)38-25)22-11-7-10-20(16-22)28(33)34/h3,5-7,9-16H,1,4,8,17H2,2H3,(H,33,34)/b25-15+. The summed E-state index contributed by atoms with van der Waals surface area (Å²) >= 11 is 12.9. The first kappa shape index (κ1) is 27.4. The third kappa shape index (κ3) is 6.10. The molecule has 0 atom stereocenters. The van der Waals surface area contributed by atoms with Crippen LogP contribution in [0.3, 0.4) is 0 Å². The lowest BCUT2D eigenvalue weighted by molar-refractivity contribution is -0.113. The van der Waals surface area contributed by atoms with Crippen molar-refractivity contribution < 1.29 is 24.2 Å². The summed E-state index contributed by atoms with van der Waals surface area (Å²) in [5.41, 5.74) is 2.90. The zero-order valence-electron chi connectivity index (χ0n) is 20.5. The Bertz CT molecular complexity index is 1450. The van der Waals surface area contributed by atoms with Crippen LogP contribution in [-0.4, -0.2) is 27.9 Å². The van der Waals surface area contributed by atoms with Crippen molar-refractivity contribution in [2.24, 2.45) is 0 Å². The summed E-state index contributed by atoms with van der Waals surface area (Å²) in [5.74, 6) is -0.288. The van der Waals surface area contributed by atoms with Crippen molar-refractivity contribution in [2.75, 3.05) is 11.5 Å². The van der Waals surface area contributed by atoms with E-state index in [1.165, 1.54) is 17.0 Å². The summed E-state index contributed by atoms with van der Waals surface area (Å²) in [7, 11) is 0. The van der Waals surface area contributed by atoms with Crippen molar-refractivity contribution in [3.05, 3.63) is 106 Å². The first-order valence-corrected chi connectivity index (χ1v) is 13.3. The fourth-order valence-corrected chi connectivity index (χ4v) is 5.37. The molecule has 1 aliphatic heterocycles. The number of hydrogen-bond donors (Lipinski definition) is 1. The Labute approximate surface area is 235 Å². The van der Waals surface area contributed by atoms with Gasteiger partial charge in [0.15, 0.2) is 15.8 Å². The summed E-state index contributed by atoms with van der Waals surface area (Å²) in [4.78, 5) is 26.4. The summed E-state index contributed by atoms with van der Waals surface area (Å²) in [6, 6.07) is 17.3. The average molecular weight is 566 g/mol. The molecule has 3 aromatic carbocycles. The minimum absolute atomic E-state index is 0.0725. The van der Waals surface area contributed by atoms with Crippen molar-refractivity contribution in [1.29, 1.82) is 0 Å². The number of amides is 1. The van der Waals surface area contributed by atoms with E-state index in [9.17, 15) is 14.7 Å². The Morgan fingerprint density at radius 1 is 1.13 bits per heavy atom. The molecule has 38 heavy (non-hydrogen) atoms. The average Bonchev–Trinajstić information content (AvgIpc) is 3.17. The SMILES string of the molecule is C=CCc1cc(/C=C2/SC(=S)N(c3cccc(C(=O)O)c3)C2=O)cc(OCC)c1OCc1ccccc1Cl. The number of rotatable bonds is 10. The molecule has 0 aliphatic carbocycles. The molecular weight excluding hydrogens is 542 g/mol. The Balaban J connectivity index is 1.67. The molecular formula is C29H24ClNO5S2. The maximum absolute atomic E-state index is 13.3. The van der Waals surface area contributed by atoms with Gasteiger partial charge in [-0.2, -0.15) is 0 Å². The number of allylic oxidation sites excluding steroid dienone is 1. The Morgan fingerprint density at radius 2 is 1.92 bits per heavy atom. The zero-order chi connectivity index (χ0) is 27.2. The highest BCUT2D eigenvalue weighted by molar-refractivity contribution is 8.27. The summed E-state index contributed by atoms with van der Waals surface area (Å²) in [6.07, 6.45) is 4.03. The van der Waals surface area contributed by atoms with Crippen LogP contribution in [0, 0.1) is 0 Å². The minimum Gasteiger partial charge on any atom is -0.490 e. The quantitative estimate of drug-likeness (QED) is 0.159. The van der Waals surface area contributed by atoms with Gasteiger partial charge in [-0.3, -0.25) is 9.69 Å². The lowest BCUT2D eigenvalue weighted by Gasteiger charge is -2.17. The molecule has 0 unspecified atom stereocenters. The molecule has 1 heterocycles. The minimum atomic E-state index is -1.08. The van der Waals surface area contributed by atoms with Crippen molar-refractivity contribution in [3.63, 3.8) is 0 Å². The maximum atomic E-state index is 13.3. The number of thiocarbonyl (C=S) groups is 1. The second kappa shape index (κ2) is 12.3. The number of carboxylic acids is 1. The number of benzene rings is 3. The first-order valence-electron chi connectivity index (χ1n) is 11.7. The van der Waals surface area contributed by atoms with E-state index in [4.69, 9.17) is 33.3 Å². The van der Waals surface area contributed by atoms with E-state index in [1.807, 2.05) is 43.3 Å². The van der Waals surface area contributed by atoms with Crippen LogP contribution in [0.4, 0.5) is 5.69 Å². The molecule has 0 spiro atoms. The molecule has 1 fully saturated rings. The van der Waals surface area contributed by atoms with Crippen LogP contribution in [0.15, 0.2) is 78.2 Å². The number of thioether (sulfide) groups is 1. The van der Waals surface area contributed by atoms with Gasteiger partial charge in [0.1, 0.15) is 6.61 Å². The van der Waals surface area contributed by atoms with Crippen molar-refractivity contribution in [2.45, 2.75) is 20.0 Å².